The molecule has 0 aromatic carbocycles. The third kappa shape index (κ3) is 2.43. The Kier molecular flexibility index (Phi) is 3.69. The first-order valence-electron chi connectivity index (χ1n) is 5.97. The lowest BCUT2D eigenvalue weighted by Gasteiger charge is -2.27. The number of nitrogens with one attached hydrogen (secondary N) is 1. The van der Waals surface area contributed by atoms with Crippen molar-refractivity contribution in [2.45, 2.75) is 24.2 Å². The quantitative estimate of drug-likeness (QED) is 0.253. The summed E-state index contributed by atoms with van der Waals surface area (Å²) in [5.74, 6) is 0. The molecule has 0 bridgehead atoms. The minimum absolute atomic E-state index is 0.0645. The van der Waals surface area contributed by atoms with Crippen LogP contribution >= 0.6 is 12.9 Å². The van der Waals surface area contributed by atoms with E-state index in [-0.39, 0.29) is 6.01 Å². The summed E-state index contributed by atoms with van der Waals surface area (Å²) in [5, 5.41) is 19.5. The number of imidazole rings is 1. The van der Waals surface area contributed by atoms with Crippen LogP contribution in [-0.4, -0.2) is 61.0 Å². The van der Waals surface area contributed by atoms with E-state index in [9.17, 15) is 10.2 Å². The first-order valence-corrected chi connectivity index (χ1v) is 6.33. The highest BCUT2D eigenvalue weighted by Gasteiger charge is 2.56. The minimum atomic E-state index is -2.03. The van der Waals surface area contributed by atoms with Crippen molar-refractivity contribution in [3.8, 4) is 6.01 Å². The van der Waals surface area contributed by atoms with Gasteiger partial charge in [0.2, 0.25) is 12.0 Å². The Balaban J connectivity index is 1.87. The zero-order chi connectivity index (χ0) is 15.0. The van der Waals surface area contributed by atoms with Gasteiger partial charge in [0.25, 0.3) is 0 Å². The van der Waals surface area contributed by atoms with Gasteiger partial charge in [-0.1, -0.05) is 0 Å². The van der Waals surface area contributed by atoms with E-state index < -0.39 is 30.8 Å². The highest BCUT2D eigenvalue weighted by Crippen LogP contribution is 2.31. The molecule has 5 N–H and O–H groups in total. The average molecular weight is 315 g/mol. The lowest BCUT2D eigenvalue weighted by Crippen LogP contribution is -2.59. The summed E-state index contributed by atoms with van der Waals surface area (Å²) < 4.78 is 15.3. The monoisotopic (exact) mass is 315 g/mol. The predicted molar refractivity (Wildman–Crippen MR) is 71.1 cm³/mol. The molecule has 1 aliphatic heterocycles. The number of hydrogen-bond donors (Lipinski definition) is 5. The second kappa shape index (κ2) is 5.36. The predicted octanol–water partition coefficient (Wildman–Crippen LogP) is -1.67. The average Bonchev–Trinajstić information content (AvgIpc) is 3.02. The molecule has 2 aromatic heterocycles. The van der Waals surface area contributed by atoms with E-state index in [0.29, 0.717) is 11.2 Å². The summed E-state index contributed by atoms with van der Waals surface area (Å²) in [6.45, 7) is -0.442. The smallest absolute Gasteiger partial charge is 0.319 e. The molecule has 11 heteroatoms. The summed E-state index contributed by atoms with van der Waals surface area (Å²) in [6, 6.07) is -0.0645. The van der Waals surface area contributed by atoms with Gasteiger partial charge in [-0.2, -0.15) is 4.98 Å². The van der Waals surface area contributed by atoms with Crippen molar-refractivity contribution in [1.29, 1.82) is 0 Å². The van der Waals surface area contributed by atoms with Gasteiger partial charge in [-0.05, 0) is 12.9 Å². The topological polar surface area (TPSA) is 149 Å². The molecule has 4 atom stereocenters. The number of aromatic nitrogens is 4. The maximum Gasteiger partial charge on any atom is 0.319 e. The van der Waals surface area contributed by atoms with Crippen molar-refractivity contribution in [2.75, 3.05) is 6.61 Å². The minimum Gasteiger partial charge on any atom is -0.452 e. The molecule has 0 aliphatic carbocycles. The molecular weight excluding hydrogens is 302 g/mol. The van der Waals surface area contributed by atoms with Crippen LogP contribution in [0, 0.1) is 0 Å². The van der Waals surface area contributed by atoms with Gasteiger partial charge < -0.3 is 24.7 Å². The lowest BCUT2D eigenvalue weighted by atomic mass is 10.1. The van der Waals surface area contributed by atoms with Gasteiger partial charge in [-0.15, -0.1) is 0 Å². The van der Waals surface area contributed by atoms with Crippen LogP contribution in [0.3, 0.4) is 0 Å². The fourth-order valence-electron chi connectivity index (χ4n) is 2.08. The van der Waals surface area contributed by atoms with E-state index >= 15 is 0 Å². The highest BCUT2D eigenvalue weighted by molar-refractivity contribution is 7.75. The second-order valence-electron chi connectivity index (χ2n) is 4.51. The Morgan fingerprint density at radius 1 is 1.52 bits per heavy atom. The number of hydrogen-bond acceptors (Lipinski definition) is 10. The Bertz CT molecular complexity index is 637. The third-order valence-electron chi connectivity index (χ3n) is 3.13. The Labute approximate surface area is 123 Å². The fourth-order valence-corrected chi connectivity index (χ4v) is 2.30. The standard InChI is InChI=1S/C10H13N5O5S/c11-10(17)6(5(2-16)18-8(10)20-21)19-9-12-1-4-7(15-9)14-3-13-4/h1,3,5-6,8,16-17,21H,2,11H2,(H,12,13,14,15)/t5-,6-,8+,10+/m1/s1. The van der Waals surface area contributed by atoms with E-state index in [1.165, 1.54) is 12.5 Å². The molecule has 0 radical (unpaired) electrons. The molecule has 114 valence electrons. The van der Waals surface area contributed by atoms with Gasteiger partial charge in [0.1, 0.15) is 11.6 Å². The van der Waals surface area contributed by atoms with Gasteiger partial charge in [-0.3, -0.25) is 9.92 Å². The van der Waals surface area contributed by atoms with Crippen LogP contribution in [-0.2, 0) is 8.92 Å². The number of aliphatic hydroxyl groups is 2. The molecule has 0 saturated carbocycles. The van der Waals surface area contributed by atoms with E-state index in [1.807, 2.05) is 0 Å². The summed E-state index contributed by atoms with van der Waals surface area (Å²) in [7, 11) is 0. The first kappa shape index (κ1) is 14.4. The summed E-state index contributed by atoms with van der Waals surface area (Å²) >= 11 is 3.57. The second-order valence-corrected chi connectivity index (χ2v) is 4.72. The number of aliphatic hydroxyl groups excluding tert-OH is 1. The van der Waals surface area contributed by atoms with Gasteiger partial charge in [0, 0.05) is 0 Å². The molecular formula is C10H13N5O5S. The van der Waals surface area contributed by atoms with Crippen LogP contribution in [0.2, 0.25) is 0 Å². The molecule has 0 unspecified atom stereocenters. The van der Waals surface area contributed by atoms with Crippen LogP contribution in [0.5, 0.6) is 6.01 Å². The summed E-state index contributed by atoms with van der Waals surface area (Å²) in [6.07, 6.45) is -0.400. The van der Waals surface area contributed by atoms with Crippen molar-refractivity contribution in [1.82, 2.24) is 19.9 Å². The highest BCUT2D eigenvalue weighted by atomic mass is 32.1. The number of nitrogens with zero attached hydrogens (tertiary/aromatic N) is 3. The molecule has 21 heavy (non-hydrogen) atoms. The lowest BCUT2D eigenvalue weighted by molar-refractivity contribution is -0.150. The van der Waals surface area contributed by atoms with E-state index in [1.54, 1.807) is 0 Å². The van der Waals surface area contributed by atoms with Gasteiger partial charge in [0.05, 0.1) is 19.1 Å². The molecule has 3 heterocycles. The molecule has 1 fully saturated rings. The Morgan fingerprint density at radius 3 is 3.05 bits per heavy atom. The fraction of sp³-hybridized carbons (Fsp3) is 0.500. The van der Waals surface area contributed by atoms with Crippen molar-refractivity contribution in [2.24, 2.45) is 5.73 Å². The van der Waals surface area contributed by atoms with Crippen molar-refractivity contribution in [3.05, 3.63) is 12.5 Å². The van der Waals surface area contributed by atoms with Crippen LogP contribution in [0.4, 0.5) is 0 Å². The van der Waals surface area contributed by atoms with E-state index in [0.717, 1.165) is 0 Å². The number of rotatable bonds is 4. The summed E-state index contributed by atoms with van der Waals surface area (Å²) in [5.41, 5.74) is 4.72. The summed E-state index contributed by atoms with van der Waals surface area (Å²) in [4.78, 5) is 14.8. The SMILES string of the molecule is N[C@@]1(O)[C@H](OS)O[C@H](CO)[C@H]1Oc1ncc2[nH]cnc2n1. The normalized spacial score (nSPS) is 32.7. The Morgan fingerprint density at radius 2 is 2.33 bits per heavy atom. The van der Waals surface area contributed by atoms with Crippen molar-refractivity contribution < 1.29 is 23.9 Å². The van der Waals surface area contributed by atoms with Crippen LogP contribution in [0.15, 0.2) is 12.5 Å². The van der Waals surface area contributed by atoms with Gasteiger partial charge in [-0.25, -0.2) is 9.97 Å². The molecule has 10 nitrogen and oxygen atoms in total. The maximum absolute atomic E-state index is 10.2. The van der Waals surface area contributed by atoms with Crippen LogP contribution < -0.4 is 10.5 Å². The van der Waals surface area contributed by atoms with Gasteiger partial charge in [0.15, 0.2) is 11.8 Å². The van der Waals surface area contributed by atoms with Crippen molar-refractivity contribution in [3.63, 3.8) is 0 Å². The molecule has 2 aromatic rings. The van der Waals surface area contributed by atoms with E-state index in [2.05, 4.69) is 37.0 Å². The molecule has 0 amide bonds. The maximum atomic E-state index is 10.2. The third-order valence-corrected chi connectivity index (χ3v) is 3.32. The van der Waals surface area contributed by atoms with E-state index in [4.69, 9.17) is 15.2 Å². The zero-order valence-corrected chi connectivity index (χ0v) is 11.5. The molecule has 3 rings (SSSR count). The number of H-pyrrole nitrogens is 1. The number of nitrogens with two attached hydrogens (primary N) is 1. The molecule has 0 spiro atoms. The number of aromatic amines is 1. The largest absolute Gasteiger partial charge is 0.452 e. The molecule has 1 saturated heterocycles. The molecule has 1 aliphatic rings. The van der Waals surface area contributed by atoms with Gasteiger partial charge >= 0.3 is 6.01 Å². The number of ether oxygens (including phenoxy) is 2. The Hall–Kier alpha value is -1.50. The number of fused-ring (bicyclic) bond motifs is 1. The van der Waals surface area contributed by atoms with Crippen molar-refractivity contribution >= 4 is 24.1 Å². The zero-order valence-electron chi connectivity index (χ0n) is 10.6. The number of thiol groups is 1. The van der Waals surface area contributed by atoms with Crippen LogP contribution in [0.1, 0.15) is 0 Å². The van der Waals surface area contributed by atoms with Crippen LogP contribution in [0.25, 0.3) is 11.2 Å². The first-order chi connectivity index (χ1) is 10.1.